The lowest BCUT2D eigenvalue weighted by Crippen LogP contribution is -2.34. The quantitative estimate of drug-likeness (QED) is 0.786. The topological polar surface area (TPSA) is 33.5 Å². The molecule has 2 rings (SSSR count). The van der Waals surface area contributed by atoms with Gasteiger partial charge in [-0.3, -0.25) is 4.79 Å². The van der Waals surface area contributed by atoms with Crippen molar-refractivity contribution in [2.45, 2.75) is 32.3 Å². The molecule has 1 unspecified atom stereocenters. The SMILES string of the molecule is Cc1ccc(CN(Cc2ccccc2)C(=O)C(C)Cl)o1. The third kappa shape index (κ3) is 3.87. The van der Waals surface area contributed by atoms with Crippen LogP contribution in [0.3, 0.4) is 0 Å². The molecule has 0 aliphatic carbocycles. The first-order valence-electron chi connectivity index (χ1n) is 6.58. The van der Waals surface area contributed by atoms with Gasteiger partial charge in [0.25, 0.3) is 0 Å². The van der Waals surface area contributed by atoms with Crippen LogP contribution in [0.1, 0.15) is 24.0 Å². The van der Waals surface area contributed by atoms with Crippen molar-refractivity contribution >= 4 is 17.5 Å². The lowest BCUT2D eigenvalue weighted by Gasteiger charge is -2.23. The minimum Gasteiger partial charge on any atom is -0.464 e. The molecule has 4 heteroatoms. The number of amides is 1. The molecule has 0 saturated carbocycles. The van der Waals surface area contributed by atoms with Gasteiger partial charge in [0.1, 0.15) is 16.9 Å². The van der Waals surface area contributed by atoms with Crippen LogP contribution in [-0.2, 0) is 17.9 Å². The van der Waals surface area contributed by atoms with Crippen LogP contribution in [0.2, 0.25) is 0 Å². The Hall–Kier alpha value is -1.74. The van der Waals surface area contributed by atoms with E-state index in [1.807, 2.05) is 49.4 Å². The zero-order valence-corrected chi connectivity index (χ0v) is 12.4. The number of carbonyl (C=O) groups excluding carboxylic acids is 1. The maximum Gasteiger partial charge on any atom is 0.241 e. The van der Waals surface area contributed by atoms with Gasteiger partial charge in [-0.15, -0.1) is 11.6 Å². The van der Waals surface area contributed by atoms with E-state index in [1.54, 1.807) is 11.8 Å². The minimum absolute atomic E-state index is 0.0930. The second-order valence-corrected chi connectivity index (χ2v) is 5.46. The average Bonchev–Trinajstić information content (AvgIpc) is 2.83. The molecule has 1 aromatic carbocycles. The molecule has 2 aromatic rings. The predicted molar refractivity (Wildman–Crippen MR) is 79.5 cm³/mol. The summed E-state index contributed by atoms with van der Waals surface area (Å²) in [7, 11) is 0. The fourth-order valence-corrected chi connectivity index (χ4v) is 2.16. The Labute approximate surface area is 124 Å². The van der Waals surface area contributed by atoms with Gasteiger partial charge in [-0.25, -0.2) is 0 Å². The molecule has 0 saturated heterocycles. The van der Waals surface area contributed by atoms with E-state index >= 15 is 0 Å². The van der Waals surface area contributed by atoms with Gasteiger partial charge < -0.3 is 9.32 Å². The summed E-state index contributed by atoms with van der Waals surface area (Å²) in [6.45, 7) is 4.53. The van der Waals surface area contributed by atoms with Crippen molar-refractivity contribution in [3.05, 3.63) is 59.5 Å². The summed E-state index contributed by atoms with van der Waals surface area (Å²) in [5.41, 5.74) is 1.07. The first kappa shape index (κ1) is 14.7. The summed E-state index contributed by atoms with van der Waals surface area (Å²) in [5.74, 6) is 1.51. The maximum absolute atomic E-state index is 12.2. The molecule has 0 bridgehead atoms. The molecule has 1 amide bonds. The summed E-state index contributed by atoms with van der Waals surface area (Å²) in [5, 5.41) is -0.547. The van der Waals surface area contributed by atoms with Gasteiger partial charge in [0.05, 0.1) is 6.54 Å². The van der Waals surface area contributed by atoms with Crippen LogP contribution in [0.25, 0.3) is 0 Å². The molecule has 1 atom stereocenters. The first-order chi connectivity index (χ1) is 9.56. The van der Waals surface area contributed by atoms with Gasteiger partial charge in [-0.05, 0) is 31.5 Å². The Morgan fingerprint density at radius 3 is 2.45 bits per heavy atom. The van der Waals surface area contributed by atoms with Crippen molar-refractivity contribution < 1.29 is 9.21 Å². The number of furan rings is 1. The van der Waals surface area contributed by atoms with Crippen molar-refractivity contribution in [2.24, 2.45) is 0 Å². The molecular weight excluding hydrogens is 274 g/mol. The van der Waals surface area contributed by atoms with Crippen LogP contribution >= 0.6 is 11.6 Å². The van der Waals surface area contributed by atoms with Gasteiger partial charge in [-0.2, -0.15) is 0 Å². The van der Waals surface area contributed by atoms with Crippen LogP contribution in [0.5, 0.6) is 0 Å². The smallest absolute Gasteiger partial charge is 0.241 e. The molecule has 0 radical (unpaired) electrons. The zero-order valence-electron chi connectivity index (χ0n) is 11.7. The number of benzene rings is 1. The molecule has 20 heavy (non-hydrogen) atoms. The predicted octanol–water partition coefficient (Wildman–Crippen LogP) is 3.74. The van der Waals surface area contributed by atoms with Gasteiger partial charge >= 0.3 is 0 Å². The molecule has 1 aromatic heterocycles. The first-order valence-corrected chi connectivity index (χ1v) is 7.02. The fourth-order valence-electron chi connectivity index (χ4n) is 2.03. The van der Waals surface area contributed by atoms with Crippen LogP contribution < -0.4 is 0 Å². The molecule has 1 heterocycles. The van der Waals surface area contributed by atoms with Gasteiger partial charge in [-0.1, -0.05) is 30.3 Å². The Bertz CT molecular complexity index is 563. The maximum atomic E-state index is 12.2. The monoisotopic (exact) mass is 291 g/mol. The Kier molecular flexibility index (Phi) is 4.85. The Morgan fingerprint density at radius 1 is 1.20 bits per heavy atom. The second kappa shape index (κ2) is 6.62. The van der Waals surface area contributed by atoms with E-state index in [9.17, 15) is 4.79 Å². The van der Waals surface area contributed by atoms with Crippen molar-refractivity contribution in [3.63, 3.8) is 0 Å². The van der Waals surface area contributed by atoms with Crippen LogP contribution in [0.4, 0.5) is 0 Å². The van der Waals surface area contributed by atoms with Crippen molar-refractivity contribution in [1.29, 1.82) is 0 Å². The van der Waals surface area contributed by atoms with E-state index in [0.717, 1.165) is 17.1 Å². The molecule has 0 spiro atoms. The third-order valence-electron chi connectivity index (χ3n) is 3.01. The van der Waals surface area contributed by atoms with Crippen molar-refractivity contribution in [2.75, 3.05) is 0 Å². The highest BCUT2D eigenvalue weighted by atomic mass is 35.5. The van der Waals surface area contributed by atoms with Crippen LogP contribution in [0, 0.1) is 6.92 Å². The molecular formula is C16H18ClNO2. The number of rotatable bonds is 5. The largest absolute Gasteiger partial charge is 0.464 e. The highest BCUT2D eigenvalue weighted by Gasteiger charge is 2.20. The number of halogens is 1. The van der Waals surface area contributed by atoms with Crippen molar-refractivity contribution in [1.82, 2.24) is 4.90 Å². The lowest BCUT2D eigenvalue weighted by molar-refractivity contribution is -0.132. The molecule has 3 nitrogen and oxygen atoms in total. The van der Waals surface area contributed by atoms with E-state index in [1.165, 1.54) is 0 Å². The number of nitrogens with zero attached hydrogens (tertiary/aromatic N) is 1. The van der Waals surface area contributed by atoms with Gasteiger partial charge in [0, 0.05) is 6.54 Å². The normalized spacial score (nSPS) is 12.2. The number of carbonyl (C=O) groups is 1. The van der Waals surface area contributed by atoms with E-state index in [0.29, 0.717) is 13.1 Å². The van der Waals surface area contributed by atoms with Gasteiger partial charge in [0.2, 0.25) is 5.91 Å². The summed E-state index contributed by atoms with van der Waals surface area (Å²) >= 11 is 5.94. The molecule has 0 aliphatic heterocycles. The fraction of sp³-hybridized carbons (Fsp3) is 0.312. The summed E-state index contributed by atoms with van der Waals surface area (Å²) < 4.78 is 5.54. The number of hydrogen-bond acceptors (Lipinski definition) is 2. The third-order valence-corrected chi connectivity index (χ3v) is 3.20. The van der Waals surface area contributed by atoms with E-state index in [-0.39, 0.29) is 5.91 Å². The molecule has 106 valence electrons. The number of hydrogen-bond donors (Lipinski definition) is 0. The van der Waals surface area contributed by atoms with Gasteiger partial charge in [0.15, 0.2) is 0 Å². The standard InChI is InChI=1S/C16H18ClNO2/c1-12-8-9-15(20-12)11-18(16(19)13(2)17)10-14-6-4-3-5-7-14/h3-9,13H,10-11H2,1-2H3. The van der Waals surface area contributed by atoms with E-state index < -0.39 is 5.38 Å². The summed E-state index contributed by atoms with van der Waals surface area (Å²) in [6, 6.07) is 13.6. The van der Waals surface area contributed by atoms with Crippen LogP contribution in [0.15, 0.2) is 46.9 Å². The average molecular weight is 292 g/mol. The minimum atomic E-state index is -0.547. The Balaban J connectivity index is 2.14. The zero-order chi connectivity index (χ0) is 14.5. The summed E-state index contributed by atoms with van der Waals surface area (Å²) in [6.07, 6.45) is 0. The molecule has 0 N–H and O–H groups in total. The number of aryl methyl sites for hydroxylation is 1. The summed E-state index contributed by atoms with van der Waals surface area (Å²) in [4.78, 5) is 13.9. The number of alkyl halides is 1. The second-order valence-electron chi connectivity index (χ2n) is 4.81. The molecule has 0 fully saturated rings. The Morgan fingerprint density at radius 2 is 1.90 bits per heavy atom. The van der Waals surface area contributed by atoms with Crippen LogP contribution in [-0.4, -0.2) is 16.2 Å². The van der Waals surface area contributed by atoms with Crippen molar-refractivity contribution in [3.8, 4) is 0 Å². The highest BCUT2D eigenvalue weighted by Crippen LogP contribution is 2.15. The molecule has 0 aliphatic rings. The van der Waals surface area contributed by atoms with E-state index in [2.05, 4.69) is 0 Å². The lowest BCUT2D eigenvalue weighted by atomic mass is 10.2. The van der Waals surface area contributed by atoms with E-state index in [4.69, 9.17) is 16.0 Å². The highest BCUT2D eigenvalue weighted by molar-refractivity contribution is 6.30.